The number of rotatable bonds is 3. The van der Waals surface area contributed by atoms with Gasteiger partial charge in [0.2, 0.25) is 0 Å². The number of aryl methyl sites for hydroxylation is 1. The van der Waals surface area contributed by atoms with Crippen LogP contribution in [-0.4, -0.2) is 5.33 Å². The minimum Gasteiger partial charge on any atom is -0.192 e. The Morgan fingerprint density at radius 2 is 2.15 bits per heavy atom. The highest BCUT2D eigenvalue weighted by atomic mass is 79.9. The number of nitrogens with zero attached hydrogens (tertiary/aromatic N) is 1. The third-order valence-corrected chi connectivity index (χ3v) is 3.00. The lowest BCUT2D eigenvalue weighted by atomic mass is 10.1. The van der Waals surface area contributed by atoms with Crippen LogP contribution in [0.15, 0.2) is 22.7 Å². The number of halogens is 2. The summed E-state index contributed by atoms with van der Waals surface area (Å²) in [7, 11) is 0. The summed E-state index contributed by atoms with van der Waals surface area (Å²) in [4.78, 5) is 0. The van der Waals surface area contributed by atoms with Gasteiger partial charge in [-0.15, -0.1) is 0 Å². The number of hydrogen-bond donors (Lipinski definition) is 0. The van der Waals surface area contributed by atoms with E-state index in [-0.39, 0.29) is 0 Å². The molecule has 0 spiro atoms. The second-order valence-electron chi connectivity index (χ2n) is 2.72. The topological polar surface area (TPSA) is 23.8 Å². The average Bonchev–Trinajstić information content (AvgIpc) is 2.16. The van der Waals surface area contributed by atoms with Gasteiger partial charge >= 0.3 is 0 Å². The van der Waals surface area contributed by atoms with E-state index in [9.17, 15) is 0 Å². The number of benzene rings is 1. The van der Waals surface area contributed by atoms with Gasteiger partial charge < -0.3 is 0 Å². The van der Waals surface area contributed by atoms with Crippen LogP contribution in [0.4, 0.5) is 0 Å². The van der Waals surface area contributed by atoms with Gasteiger partial charge in [-0.1, -0.05) is 22.0 Å². The summed E-state index contributed by atoms with van der Waals surface area (Å²) in [6.07, 6.45) is 2.12. The average molecular weight is 303 g/mol. The van der Waals surface area contributed by atoms with Gasteiger partial charge in [0.15, 0.2) is 0 Å². The van der Waals surface area contributed by atoms with Gasteiger partial charge in [0.05, 0.1) is 5.56 Å². The Hall–Kier alpha value is -0.330. The molecule has 0 aliphatic carbocycles. The van der Waals surface area contributed by atoms with Crippen LogP contribution in [0.5, 0.6) is 0 Å². The first kappa shape index (κ1) is 10.7. The molecule has 0 saturated carbocycles. The molecule has 0 fully saturated rings. The molecule has 68 valence electrons. The molecule has 0 atom stereocenters. The second kappa shape index (κ2) is 5.41. The van der Waals surface area contributed by atoms with Crippen molar-refractivity contribution in [1.29, 1.82) is 5.26 Å². The number of alkyl halides is 1. The van der Waals surface area contributed by atoms with Gasteiger partial charge in [-0.2, -0.15) is 5.26 Å². The zero-order valence-electron chi connectivity index (χ0n) is 7.06. The van der Waals surface area contributed by atoms with Gasteiger partial charge in [-0.25, -0.2) is 0 Å². The highest BCUT2D eigenvalue weighted by molar-refractivity contribution is 9.10. The molecule has 0 amide bonds. The lowest BCUT2D eigenvalue weighted by molar-refractivity contribution is 0.938. The van der Waals surface area contributed by atoms with Gasteiger partial charge in [0.25, 0.3) is 0 Å². The normalized spacial score (nSPS) is 9.62. The third-order valence-electron chi connectivity index (χ3n) is 1.75. The molecule has 0 heterocycles. The number of hydrogen-bond acceptors (Lipinski definition) is 1. The smallest absolute Gasteiger partial charge is 0.100 e. The fraction of sp³-hybridized carbons (Fsp3) is 0.300. The highest BCUT2D eigenvalue weighted by Gasteiger charge is 1.99. The maximum Gasteiger partial charge on any atom is 0.100 e. The predicted octanol–water partition coefficient (Wildman–Crippen LogP) is 3.65. The lowest BCUT2D eigenvalue weighted by Gasteiger charge is -2.00. The summed E-state index contributed by atoms with van der Waals surface area (Å²) in [6.45, 7) is 0. The number of nitriles is 1. The van der Waals surface area contributed by atoms with E-state index in [1.165, 1.54) is 5.56 Å². The Bertz CT molecular complexity index is 328. The molecule has 0 bridgehead atoms. The minimum atomic E-state index is 0.715. The molecule has 0 aliphatic rings. The Morgan fingerprint density at radius 3 is 2.77 bits per heavy atom. The van der Waals surface area contributed by atoms with Crippen LogP contribution >= 0.6 is 31.9 Å². The molecule has 0 aromatic heterocycles. The largest absolute Gasteiger partial charge is 0.192 e. The Labute approximate surface area is 95.0 Å². The summed E-state index contributed by atoms with van der Waals surface area (Å²) in [5, 5.41) is 9.78. The molecule has 1 aromatic carbocycles. The van der Waals surface area contributed by atoms with Crippen molar-refractivity contribution in [1.82, 2.24) is 0 Å². The van der Waals surface area contributed by atoms with Crippen molar-refractivity contribution < 1.29 is 0 Å². The van der Waals surface area contributed by atoms with Crippen molar-refractivity contribution in [3.05, 3.63) is 33.8 Å². The van der Waals surface area contributed by atoms with Crippen LogP contribution in [0.25, 0.3) is 0 Å². The summed E-state index contributed by atoms with van der Waals surface area (Å²) in [5.41, 5.74) is 1.94. The molecule has 0 unspecified atom stereocenters. The van der Waals surface area contributed by atoms with Gasteiger partial charge in [-0.05, 0) is 46.5 Å². The van der Waals surface area contributed by atoms with Gasteiger partial charge in [0.1, 0.15) is 6.07 Å². The van der Waals surface area contributed by atoms with E-state index in [2.05, 4.69) is 37.9 Å². The molecule has 13 heavy (non-hydrogen) atoms. The summed E-state index contributed by atoms with van der Waals surface area (Å²) in [5.74, 6) is 0. The van der Waals surface area contributed by atoms with Gasteiger partial charge in [0, 0.05) is 9.80 Å². The third kappa shape index (κ3) is 3.13. The Balaban J connectivity index is 2.82. The zero-order valence-corrected chi connectivity index (χ0v) is 10.2. The fourth-order valence-corrected chi connectivity index (χ4v) is 1.70. The molecule has 0 saturated heterocycles. The van der Waals surface area contributed by atoms with E-state index in [0.717, 1.165) is 22.6 Å². The first-order valence-corrected chi connectivity index (χ1v) is 5.94. The Kier molecular flexibility index (Phi) is 4.47. The van der Waals surface area contributed by atoms with E-state index in [4.69, 9.17) is 5.26 Å². The van der Waals surface area contributed by atoms with Crippen molar-refractivity contribution in [3.63, 3.8) is 0 Å². The fourth-order valence-electron chi connectivity index (χ4n) is 1.08. The van der Waals surface area contributed by atoms with E-state index >= 15 is 0 Å². The highest BCUT2D eigenvalue weighted by Crippen LogP contribution is 2.18. The molecule has 0 radical (unpaired) electrons. The summed E-state index contributed by atoms with van der Waals surface area (Å²) < 4.78 is 0.873. The van der Waals surface area contributed by atoms with E-state index in [0.29, 0.717) is 5.56 Å². The van der Waals surface area contributed by atoms with E-state index in [1.54, 1.807) is 0 Å². The standard InChI is InChI=1S/C10H9Br2N/c11-5-1-2-8-3-4-10(12)9(6-8)7-13/h3-4,6H,1-2,5H2. The summed E-state index contributed by atoms with van der Waals surface area (Å²) >= 11 is 6.71. The van der Waals surface area contributed by atoms with Crippen LogP contribution < -0.4 is 0 Å². The first-order chi connectivity index (χ1) is 6.27. The van der Waals surface area contributed by atoms with Crippen molar-refractivity contribution in [2.75, 3.05) is 5.33 Å². The SMILES string of the molecule is N#Cc1cc(CCCBr)ccc1Br. The molecular weight excluding hydrogens is 294 g/mol. The minimum absolute atomic E-state index is 0.715. The van der Waals surface area contributed by atoms with Crippen molar-refractivity contribution in [3.8, 4) is 6.07 Å². The zero-order chi connectivity index (χ0) is 9.68. The molecular formula is C10H9Br2N. The van der Waals surface area contributed by atoms with Crippen LogP contribution in [0.1, 0.15) is 17.5 Å². The van der Waals surface area contributed by atoms with Crippen molar-refractivity contribution >= 4 is 31.9 Å². The maximum absolute atomic E-state index is 8.78. The molecule has 1 nitrogen and oxygen atoms in total. The molecule has 0 aliphatic heterocycles. The van der Waals surface area contributed by atoms with Crippen LogP contribution in [0.3, 0.4) is 0 Å². The Morgan fingerprint density at radius 1 is 1.38 bits per heavy atom. The van der Waals surface area contributed by atoms with Crippen LogP contribution in [-0.2, 0) is 6.42 Å². The van der Waals surface area contributed by atoms with Crippen LogP contribution in [0, 0.1) is 11.3 Å². The van der Waals surface area contributed by atoms with E-state index < -0.39 is 0 Å². The predicted molar refractivity (Wildman–Crippen MR) is 61.0 cm³/mol. The lowest BCUT2D eigenvalue weighted by Crippen LogP contribution is -1.88. The quantitative estimate of drug-likeness (QED) is 0.782. The maximum atomic E-state index is 8.78. The van der Waals surface area contributed by atoms with Gasteiger partial charge in [-0.3, -0.25) is 0 Å². The molecule has 0 N–H and O–H groups in total. The monoisotopic (exact) mass is 301 g/mol. The van der Waals surface area contributed by atoms with Crippen molar-refractivity contribution in [2.45, 2.75) is 12.8 Å². The summed E-state index contributed by atoms with van der Waals surface area (Å²) in [6, 6.07) is 8.07. The van der Waals surface area contributed by atoms with Crippen molar-refractivity contribution in [2.24, 2.45) is 0 Å². The second-order valence-corrected chi connectivity index (χ2v) is 4.37. The molecule has 1 rings (SSSR count). The molecule has 1 aromatic rings. The van der Waals surface area contributed by atoms with E-state index in [1.807, 2.05) is 18.2 Å². The van der Waals surface area contributed by atoms with Crippen LogP contribution in [0.2, 0.25) is 0 Å². The first-order valence-electron chi connectivity index (χ1n) is 4.02. The molecule has 3 heteroatoms.